The van der Waals surface area contributed by atoms with Gasteiger partial charge in [0.25, 0.3) is 0 Å². The summed E-state index contributed by atoms with van der Waals surface area (Å²) in [4.78, 5) is 15.3. The monoisotopic (exact) mass is 182 g/mol. The first kappa shape index (κ1) is 7.62. The highest BCUT2D eigenvalue weighted by Gasteiger charge is 2.55. The maximum absolute atomic E-state index is 11.2. The third kappa shape index (κ3) is 1.05. The fourth-order valence-electron chi connectivity index (χ4n) is 2.35. The van der Waals surface area contributed by atoms with E-state index in [4.69, 9.17) is 4.74 Å². The maximum Gasteiger partial charge on any atom is 0.410 e. The summed E-state index contributed by atoms with van der Waals surface area (Å²) in [5, 5.41) is 0. The van der Waals surface area contributed by atoms with Crippen molar-refractivity contribution in [2.45, 2.75) is 24.5 Å². The Labute approximate surface area is 77.4 Å². The first-order chi connectivity index (χ1) is 6.19. The largest absolute Gasteiger partial charge is 0.438 e. The molecule has 0 atom stereocenters. The Kier molecular flexibility index (Phi) is 1.28. The molecule has 0 aromatic carbocycles. The molecule has 3 rings (SSSR count). The molecule has 1 saturated carbocycles. The summed E-state index contributed by atoms with van der Waals surface area (Å²) in [5.74, 6) is 0. The molecular weight excluding hydrogens is 168 g/mol. The van der Waals surface area contributed by atoms with Crippen LogP contribution < -0.4 is 0 Å². The molecule has 0 aromatic heterocycles. The Hall–Kier alpha value is -0.770. The zero-order valence-electron chi connectivity index (χ0n) is 7.82. The van der Waals surface area contributed by atoms with Crippen molar-refractivity contribution >= 4 is 6.09 Å². The minimum atomic E-state index is -0.157. The minimum absolute atomic E-state index is 0.144. The number of ether oxygens (including phenoxy) is 1. The van der Waals surface area contributed by atoms with Crippen molar-refractivity contribution in [1.29, 1.82) is 0 Å². The van der Waals surface area contributed by atoms with Crippen LogP contribution >= 0.6 is 0 Å². The Morgan fingerprint density at radius 2 is 2.08 bits per heavy atom. The van der Waals surface area contributed by atoms with Gasteiger partial charge >= 0.3 is 6.09 Å². The molecule has 4 heteroatoms. The standard InChI is InChI=1S/C9H14N2O2/c1-10-4-9(13-8(10)12)5-11(6-9)7-2-3-7/h7H,2-6H2,1H3. The summed E-state index contributed by atoms with van der Waals surface area (Å²) in [6.07, 6.45) is 2.51. The molecule has 0 bridgehead atoms. The second-order valence-electron chi connectivity index (χ2n) is 4.54. The third-order valence-electron chi connectivity index (χ3n) is 3.19. The highest BCUT2D eigenvalue weighted by molar-refractivity contribution is 5.70. The van der Waals surface area contributed by atoms with Crippen molar-refractivity contribution in [3.8, 4) is 0 Å². The van der Waals surface area contributed by atoms with E-state index in [0.717, 1.165) is 25.7 Å². The number of hydrogen-bond acceptors (Lipinski definition) is 3. The van der Waals surface area contributed by atoms with E-state index >= 15 is 0 Å². The molecule has 0 radical (unpaired) electrons. The van der Waals surface area contributed by atoms with Gasteiger partial charge in [-0.2, -0.15) is 0 Å². The predicted octanol–water partition coefficient (Wildman–Crippen LogP) is 0.285. The van der Waals surface area contributed by atoms with Crippen LogP contribution in [0.1, 0.15) is 12.8 Å². The summed E-state index contributed by atoms with van der Waals surface area (Å²) in [7, 11) is 1.80. The first-order valence-corrected chi connectivity index (χ1v) is 4.87. The lowest BCUT2D eigenvalue weighted by Gasteiger charge is -2.45. The Bertz CT molecular complexity index is 256. The van der Waals surface area contributed by atoms with Crippen molar-refractivity contribution in [2.24, 2.45) is 0 Å². The first-order valence-electron chi connectivity index (χ1n) is 4.87. The highest BCUT2D eigenvalue weighted by Crippen LogP contribution is 2.39. The van der Waals surface area contributed by atoms with E-state index < -0.39 is 0 Å². The van der Waals surface area contributed by atoms with Crippen LogP contribution in [0.5, 0.6) is 0 Å². The molecule has 3 fully saturated rings. The molecule has 0 N–H and O–H groups in total. The van der Waals surface area contributed by atoms with Gasteiger partial charge in [0.15, 0.2) is 5.60 Å². The van der Waals surface area contributed by atoms with Gasteiger partial charge in [0.05, 0.1) is 6.54 Å². The molecule has 72 valence electrons. The molecule has 2 aliphatic heterocycles. The van der Waals surface area contributed by atoms with E-state index in [9.17, 15) is 4.79 Å². The van der Waals surface area contributed by atoms with E-state index in [1.165, 1.54) is 12.8 Å². The number of rotatable bonds is 1. The van der Waals surface area contributed by atoms with Gasteiger partial charge in [-0.25, -0.2) is 4.79 Å². The van der Waals surface area contributed by atoms with Gasteiger partial charge in [-0.05, 0) is 12.8 Å². The van der Waals surface area contributed by atoms with E-state index in [2.05, 4.69) is 4.90 Å². The summed E-state index contributed by atoms with van der Waals surface area (Å²) in [6, 6.07) is 0.801. The van der Waals surface area contributed by atoms with E-state index in [-0.39, 0.29) is 11.7 Å². The van der Waals surface area contributed by atoms with Crippen LogP contribution in [0, 0.1) is 0 Å². The molecule has 2 saturated heterocycles. The topological polar surface area (TPSA) is 32.8 Å². The number of nitrogens with zero attached hydrogens (tertiary/aromatic N) is 2. The molecule has 1 aliphatic carbocycles. The smallest absolute Gasteiger partial charge is 0.410 e. The van der Waals surface area contributed by atoms with Crippen LogP contribution in [0.15, 0.2) is 0 Å². The molecule has 4 nitrogen and oxygen atoms in total. The quantitative estimate of drug-likeness (QED) is 0.584. The van der Waals surface area contributed by atoms with Crippen LogP contribution in [0.2, 0.25) is 0 Å². The summed E-state index contributed by atoms with van der Waals surface area (Å²) in [5.41, 5.74) is -0.144. The molecular formula is C9H14N2O2. The number of carbonyl (C=O) groups is 1. The molecule has 1 amide bonds. The van der Waals surface area contributed by atoms with Crippen molar-refractivity contribution in [3.63, 3.8) is 0 Å². The predicted molar refractivity (Wildman–Crippen MR) is 46.4 cm³/mol. The molecule has 1 spiro atoms. The number of amides is 1. The Morgan fingerprint density at radius 1 is 1.38 bits per heavy atom. The van der Waals surface area contributed by atoms with Crippen LogP contribution in [0.3, 0.4) is 0 Å². The molecule has 0 aromatic rings. The van der Waals surface area contributed by atoms with Crippen molar-refractivity contribution < 1.29 is 9.53 Å². The van der Waals surface area contributed by atoms with Crippen molar-refractivity contribution in [1.82, 2.24) is 9.80 Å². The lowest BCUT2D eigenvalue weighted by molar-refractivity contribution is -0.0773. The molecule has 3 aliphatic rings. The molecule has 0 unspecified atom stereocenters. The zero-order valence-corrected chi connectivity index (χ0v) is 7.82. The summed E-state index contributed by atoms with van der Waals surface area (Å²) in [6.45, 7) is 2.68. The Morgan fingerprint density at radius 3 is 2.54 bits per heavy atom. The number of likely N-dealkylation sites (N-methyl/N-ethyl adjacent to an activating group) is 1. The van der Waals surface area contributed by atoms with Gasteiger partial charge in [-0.1, -0.05) is 0 Å². The van der Waals surface area contributed by atoms with Gasteiger partial charge in [-0.3, -0.25) is 4.90 Å². The zero-order chi connectivity index (χ0) is 9.05. The van der Waals surface area contributed by atoms with Gasteiger partial charge in [-0.15, -0.1) is 0 Å². The van der Waals surface area contributed by atoms with Gasteiger partial charge in [0.2, 0.25) is 0 Å². The minimum Gasteiger partial charge on any atom is -0.438 e. The third-order valence-corrected chi connectivity index (χ3v) is 3.19. The number of likely N-dealkylation sites (tertiary alicyclic amines) is 1. The van der Waals surface area contributed by atoms with Crippen molar-refractivity contribution in [2.75, 3.05) is 26.7 Å². The van der Waals surface area contributed by atoms with E-state index in [1.54, 1.807) is 11.9 Å². The molecule has 2 heterocycles. The Balaban J connectivity index is 1.64. The number of carbonyl (C=O) groups excluding carboxylic acids is 1. The number of hydrogen-bond donors (Lipinski definition) is 0. The summed E-state index contributed by atoms with van der Waals surface area (Å²) >= 11 is 0. The van der Waals surface area contributed by atoms with Crippen molar-refractivity contribution in [3.05, 3.63) is 0 Å². The van der Waals surface area contributed by atoms with E-state index in [0.29, 0.717) is 0 Å². The van der Waals surface area contributed by atoms with Gasteiger partial charge in [0.1, 0.15) is 0 Å². The fourth-order valence-corrected chi connectivity index (χ4v) is 2.35. The second-order valence-corrected chi connectivity index (χ2v) is 4.54. The van der Waals surface area contributed by atoms with Crippen LogP contribution in [-0.4, -0.2) is 54.2 Å². The van der Waals surface area contributed by atoms with Gasteiger partial charge in [0, 0.05) is 26.2 Å². The maximum atomic E-state index is 11.2. The summed E-state index contributed by atoms with van der Waals surface area (Å²) < 4.78 is 5.35. The lowest BCUT2D eigenvalue weighted by Crippen LogP contribution is -2.64. The molecule has 13 heavy (non-hydrogen) atoms. The van der Waals surface area contributed by atoms with Crippen LogP contribution in [-0.2, 0) is 4.74 Å². The normalized spacial score (nSPS) is 32.1. The highest BCUT2D eigenvalue weighted by atomic mass is 16.6. The van der Waals surface area contributed by atoms with E-state index in [1.807, 2.05) is 0 Å². The average Bonchev–Trinajstić information content (AvgIpc) is 2.77. The van der Waals surface area contributed by atoms with Crippen LogP contribution in [0.4, 0.5) is 4.79 Å². The lowest BCUT2D eigenvalue weighted by atomic mass is 9.94. The fraction of sp³-hybridized carbons (Fsp3) is 0.889. The average molecular weight is 182 g/mol. The van der Waals surface area contributed by atoms with Gasteiger partial charge < -0.3 is 9.64 Å². The SMILES string of the molecule is CN1CC2(CN(C3CC3)C2)OC1=O. The van der Waals surface area contributed by atoms with Crippen LogP contribution in [0.25, 0.3) is 0 Å². The second kappa shape index (κ2) is 2.18.